The average Bonchev–Trinajstić information content (AvgIpc) is 2.41. The van der Waals surface area contributed by atoms with Crippen LogP contribution in [0.4, 0.5) is 5.82 Å². The van der Waals surface area contributed by atoms with Crippen LogP contribution in [0.2, 0.25) is 0 Å². The lowest BCUT2D eigenvalue weighted by molar-refractivity contribution is 0.0969. The van der Waals surface area contributed by atoms with Crippen LogP contribution in [-0.2, 0) is 0 Å². The van der Waals surface area contributed by atoms with Crippen molar-refractivity contribution in [3.8, 4) is 0 Å². The summed E-state index contributed by atoms with van der Waals surface area (Å²) in [7, 11) is 0. The number of pyridine rings is 1. The third kappa shape index (κ3) is 2.53. The average molecular weight is 250 g/mol. The minimum absolute atomic E-state index is 0.0523. The van der Waals surface area contributed by atoms with E-state index in [2.05, 4.69) is 15.0 Å². The standard InChI is InChI=1S/C12H18N4O2/c1-8-7-16(5-4-10(8)17)11-3-2-9(6-14-11)12(13)15-18/h2-3,6,8,10,17-18H,4-5,7H2,1H3,(H2,13,15). The van der Waals surface area contributed by atoms with Gasteiger partial charge in [-0.05, 0) is 24.5 Å². The Morgan fingerprint density at radius 1 is 1.56 bits per heavy atom. The van der Waals surface area contributed by atoms with E-state index in [4.69, 9.17) is 10.9 Å². The molecule has 1 aliphatic heterocycles. The van der Waals surface area contributed by atoms with Crippen LogP contribution < -0.4 is 10.6 Å². The Morgan fingerprint density at radius 2 is 2.33 bits per heavy atom. The second-order valence-corrected chi connectivity index (χ2v) is 4.67. The SMILES string of the molecule is CC1CN(c2ccc(/C(N)=N/O)cn2)CCC1O. The fraction of sp³-hybridized carbons (Fsp3) is 0.500. The van der Waals surface area contributed by atoms with Crippen LogP contribution >= 0.6 is 0 Å². The predicted molar refractivity (Wildman–Crippen MR) is 68.7 cm³/mol. The van der Waals surface area contributed by atoms with Crippen LogP contribution in [-0.4, -0.2) is 40.3 Å². The van der Waals surface area contributed by atoms with E-state index in [0.717, 1.165) is 25.3 Å². The molecule has 2 rings (SSSR count). The summed E-state index contributed by atoms with van der Waals surface area (Å²) in [6.07, 6.45) is 2.11. The van der Waals surface area contributed by atoms with E-state index in [1.165, 1.54) is 0 Å². The van der Waals surface area contributed by atoms with Crippen molar-refractivity contribution < 1.29 is 10.3 Å². The summed E-state index contributed by atoms with van der Waals surface area (Å²) < 4.78 is 0. The van der Waals surface area contributed by atoms with Gasteiger partial charge in [-0.3, -0.25) is 0 Å². The molecule has 1 fully saturated rings. The summed E-state index contributed by atoms with van der Waals surface area (Å²) >= 11 is 0. The van der Waals surface area contributed by atoms with Gasteiger partial charge in [-0.15, -0.1) is 0 Å². The first kappa shape index (κ1) is 12.6. The smallest absolute Gasteiger partial charge is 0.171 e. The van der Waals surface area contributed by atoms with Gasteiger partial charge in [0.25, 0.3) is 0 Å². The van der Waals surface area contributed by atoms with Crippen molar-refractivity contribution in [3.63, 3.8) is 0 Å². The lowest BCUT2D eigenvalue weighted by Gasteiger charge is -2.35. The fourth-order valence-electron chi connectivity index (χ4n) is 2.12. The quantitative estimate of drug-likeness (QED) is 0.305. The van der Waals surface area contributed by atoms with Crippen LogP contribution in [0.25, 0.3) is 0 Å². The lowest BCUT2D eigenvalue weighted by Crippen LogP contribution is -2.42. The van der Waals surface area contributed by atoms with Crippen molar-refractivity contribution >= 4 is 11.7 Å². The number of aliphatic hydroxyl groups is 1. The molecule has 0 bridgehead atoms. The van der Waals surface area contributed by atoms with Crippen LogP contribution in [0, 0.1) is 5.92 Å². The van der Waals surface area contributed by atoms with E-state index in [-0.39, 0.29) is 17.9 Å². The van der Waals surface area contributed by atoms with Crippen LogP contribution in [0.1, 0.15) is 18.9 Å². The molecule has 18 heavy (non-hydrogen) atoms. The number of aromatic nitrogens is 1. The number of oxime groups is 1. The van der Waals surface area contributed by atoms with Crippen molar-refractivity contribution in [2.45, 2.75) is 19.4 Å². The molecular formula is C12H18N4O2. The van der Waals surface area contributed by atoms with Crippen molar-refractivity contribution in [3.05, 3.63) is 23.9 Å². The third-order valence-electron chi connectivity index (χ3n) is 3.34. The molecule has 0 spiro atoms. The Labute approximate surface area is 106 Å². The Hall–Kier alpha value is -1.82. The van der Waals surface area contributed by atoms with E-state index < -0.39 is 0 Å². The van der Waals surface area contributed by atoms with Crippen LogP contribution in [0.15, 0.2) is 23.5 Å². The van der Waals surface area contributed by atoms with Crippen molar-refractivity contribution in [1.82, 2.24) is 4.98 Å². The number of hydrogen-bond acceptors (Lipinski definition) is 5. The highest BCUT2D eigenvalue weighted by Crippen LogP contribution is 2.21. The summed E-state index contributed by atoms with van der Waals surface area (Å²) in [5, 5.41) is 21.2. The molecule has 0 radical (unpaired) electrons. The summed E-state index contributed by atoms with van der Waals surface area (Å²) in [6.45, 7) is 3.61. The highest BCUT2D eigenvalue weighted by atomic mass is 16.4. The minimum Gasteiger partial charge on any atom is -0.409 e. The molecule has 6 heteroatoms. The number of hydrogen-bond donors (Lipinski definition) is 3. The molecule has 0 aromatic carbocycles. The van der Waals surface area contributed by atoms with E-state index >= 15 is 0 Å². The van der Waals surface area contributed by atoms with Crippen molar-refractivity contribution in [2.75, 3.05) is 18.0 Å². The predicted octanol–water partition coefficient (Wildman–Crippen LogP) is 0.383. The van der Waals surface area contributed by atoms with Gasteiger partial charge in [0.2, 0.25) is 0 Å². The molecule has 4 N–H and O–H groups in total. The molecule has 6 nitrogen and oxygen atoms in total. The van der Waals surface area contributed by atoms with E-state index in [1.54, 1.807) is 12.3 Å². The monoisotopic (exact) mass is 250 g/mol. The number of nitrogens with two attached hydrogens (primary N) is 1. The van der Waals surface area contributed by atoms with Crippen molar-refractivity contribution in [1.29, 1.82) is 0 Å². The number of rotatable bonds is 2. The van der Waals surface area contributed by atoms with Gasteiger partial charge in [-0.2, -0.15) is 0 Å². The normalized spacial score (nSPS) is 25.2. The Kier molecular flexibility index (Phi) is 3.66. The van der Waals surface area contributed by atoms with Gasteiger partial charge in [0.05, 0.1) is 6.10 Å². The zero-order chi connectivity index (χ0) is 13.1. The largest absolute Gasteiger partial charge is 0.409 e. The molecule has 0 aliphatic carbocycles. The van der Waals surface area contributed by atoms with Crippen LogP contribution in [0.3, 0.4) is 0 Å². The van der Waals surface area contributed by atoms with Gasteiger partial charge in [0, 0.05) is 24.8 Å². The maximum absolute atomic E-state index is 9.68. The Morgan fingerprint density at radius 3 is 2.89 bits per heavy atom. The van der Waals surface area contributed by atoms with E-state index in [0.29, 0.717) is 5.56 Å². The minimum atomic E-state index is -0.224. The number of piperidine rings is 1. The highest BCUT2D eigenvalue weighted by Gasteiger charge is 2.24. The molecule has 2 unspecified atom stereocenters. The Balaban J connectivity index is 2.10. The summed E-state index contributed by atoms with van der Waals surface area (Å²) in [5.74, 6) is 1.14. The second-order valence-electron chi connectivity index (χ2n) is 4.67. The van der Waals surface area contributed by atoms with E-state index in [1.807, 2.05) is 13.0 Å². The number of anilines is 1. The molecule has 1 aliphatic rings. The van der Waals surface area contributed by atoms with Crippen molar-refractivity contribution in [2.24, 2.45) is 16.8 Å². The maximum atomic E-state index is 9.68. The molecule has 0 amide bonds. The summed E-state index contributed by atoms with van der Waals surface area (Å²) in [5.41, 5.74) is 6.07. The first-order chi connectivity index (χ1) is 8.61. The van der Waals surface area contributed by atoms with Gasteiger partial charge in [-0.1, -0.05) is 12.1 Å². The lowest BCUT2D eigenvalue weighted by atomic mass is 9.97. The molecule has 1 saturated heterocycles. The van der Waals surface area contributed by atoms with Crippen LogP contribution in [0.5, 0.6) is 0 Å². The summed E-state index contributed by atoms with van der Waals surface area (Å²) in [4.78, 5) is 6.44. The zero-order valence-electron chi connectivity index (χ0n) is 10.3. The van der Waals surface area contributed by atoms with Gasteiger partial charge < -0.3 is 20.9 Å². The van der Waals surface area contributed by atoms with Gasteiger partial charge in [-0.25, -0.2) is 4.98 Å². The maximum Gasteiger partial charge on any atom is 0.171 e. The first-order valence-corrected chi connectivity index (χ1v) is 5.98. The summed E-state index contributed by atoms with van der Waals surface area (Å²) in [6, 6.07) is 3.62. The first-order valence-electron chi connectivity index (χ1n) is 5.98. The molecule has 0 saturated carbocycles. The van der Waals surface area contributed by atoms with Gasteiger partial charge in [0.1, 0.15) is 5.82 Å². The zero-order valence-corrected chi connectivity index (χ0v) is 10.3. The van der Waals surface area contributed by atoms with Gasteiger partial charge >= 0.3 is 0 Å². The molecular weight excluding hydrogens is 232 g/mol. The number of amidine groups is 1. The molecule has 98 valence electrons. The molecule has 2 heterocycles. The fourth-order valence-corrected chi connectivity index (χ4v) is 2.12. The Bertz CT molecular complexity index is 432. The molecule has 1 aromatic rings. The van der Waals surface area contributed by atoms with E-state index in [9.17, 15) is 5.11 Å². The van der Waals surface area contributed by atoms with Gasteiger partial charge in [0.15, 0.2) is 5.84 Å². The highest BCUT2D eigenvalue weighted by molar-refractivity contribution is 5.96. The number of nitrogens with zero attached hydrogens (tertiary/aromatic N) is 3. The third-order valence-corrected chi connectivity index (χ3v) is 3.34. The topological polar surface area (TPSA) is 95.0 Å². The number of aliphatic hydroxyl groups excluding tert-OH is 1. The second kappa shape index (κ2) is 5.22. The molecule has 1 aromatic heterocycles. The molecule has 2 atom stereocenters.